The van der Waals surface area contributed by atoms with Gasteiger partial charge in [0.1, 0.15) is 0 Å². The summed E-state index contributed by atoms with van der Waals surface area (Å²) in [7, 11) is -3.61. The van der Waals surface area contributed by atoms with Crippen LogP contribution in [-0.2, 0) is 21.4 Å². The Morgan fingerprint density at radius 2 is 1.82 bits per heavy atom. The molecule has 0 heterocycles. The largest absolute Gasteiger partial charge is 0.324 e. The highest BCUT2D eigenvalue weighted by Gasteiger charge is 2.22. The Labute approximate surface area is 176 Å². The lowest BCUT2D eigenvalue weighted by molar-refractivity contribution is -0.116. The lowest BCUT2D eigenvalue weighted by Crippen LogP contribution is -2.37. The van der Waals surface area contributed by atoms with E-state index in [1.807, 2.05) is 39.0 Å². The molecule has 0 aliphatic rings. The Balaban J connectivity index is 2.22. The molecule has 2 rings (SSSR count). The summed E-state index contributed by atoms with van der Waals surface area (Å²) in [6.07, 6.45) is 1.07. The summed E-state index contributed by atoms with van der Waals surface area (Å²) in [5.74, 6) is -0.181. The monoisotopic (exact) mass is 442 g/mol. The summed E-state index contributed by atoms with van der Waals surface area (Å²) in [4.78, 5) is 12.6. The number of nitrogens with zero attached hydrogens (tertiary/aromatic N) is 1. The van der Waals surface area contributed by atoms with Crippen molar-refractivity contribution in [3.8, 4) is 0 Å². The number of rotatable bonds is 7. The van der Waals surface area contributed by atoms with Gasteiger partial charge < -0.3 is 5.32 Å². The summed E-state index contributed by atoms with van der Waals surface area (Å²) in [6, 6.07) is 10.7. The number of benzene rings is 2. The van der Waals surface area contributed by atoms with Crippen LogP contribution in [0.5, 0.6) is 0 Å². The predicted molar refractivity (Wildman–Crippen MR) is 116 cm³/mol. The number of anilines is 1. The van der Waals surface area contributed by atoms with Gasteiger partial charge in [0, 0.05) is 12.2 Å². The van der Waals surface area contributed by atoms with E-state index in [4.69, 9.17) is 23.2 Å². The van der Waals surface area contributed by atoms with E-state index >= 15 is 0 Å². The van der Waals surface area contributed by atoms with Crippen LogP contribution in [0.15, 0.2) is 36.4 Å². The van der Waals surface area contributed by atoms with Gasteiger partial charge in [-0.15, -0.1) is 0 Å². The highest BCUT2D eigenvalue weighted by molar-refractivity contribution is 7.88. The van der Waals surface area contributed by atoms with E-state index in [9.17, 15) is 13.2 Å². The number of sulfonamides is 1. The minimum atomic E-state index is -3.61. The molecule has 2 aromatic rings. The molecule has 0 bridgehead atoms. The van der Waals surface area contributed by atoms with Gasteiger partial charge in [-0.1, -0.05) is 61.3 Å². The van der Waals surface area contributed by atoms with Crippen LogP contribution in [0.1, 0.15) is 36.5 Å². The predicted octanol–water partition coefficient (Wildman–Crippen LogP) is 4.83. The highest BCUT2D eigenvalue weighted by Crippen LogP contribution is 2.27. The maximum Gasteiger partial charge on any atom is 0.239 e. The number of halogens is 2. The Kier molecular flexibility index (Phi) is 7.51. The standard InChI is InChI=1S/C20H24Cl2N2O3S/c1-13(2)16-7-5-6-14(3)20(16)23-19(25)12-24(28(4,26)27)11-15-8-9-17(21)18(22)10-15/h5-10,13H,11-12H2,1-4H3,(H,23,25). The Morgan fingerprint density at radius 1 is 1.14 bits per heavy atom. The van der Waals surface area contributed by atoms with Crippen molar-refractivity contribution in [1.29, 1.82) is 0 Å². The van der Waals surface area contributed by atoms with Crippen molar-refractivity contribution < 1.29 is 13.2 Å². The van der Waals surface area contributed by atoms with E-state index in [-0.39, 0.29) is 19.0 Å². The first-order chi connectivity index (χ1) is 13.0. The third-order valence-electron chi connectivity index (χ3n) is 4.32. The van der Waals surface area contributed by atoms with Gasteiger partial charge in [-0.25, -0.2) is 8.42 Å². The summed E-state index contributed by atoms with van der Waals surface area (Å²) >= 11 is 11.9. The molecule has 2 aromatic carbocycles. The molecule has 152 valence electrons. The van der Waals surface area contributed by atoms with Gasteiger partial charge >= 0.3 is 0 Å². The zero-order valence-electron chi connectivity index (χ0n) is 16.3. The van der Waals surface area contributed by atoms with Crippen molar-refractivity contribution in [2.24, 2.45) is 0 Å². The molecule has 1 N–H and O–H groups in total. The molecule has 5 nitrogen and oxygen atoms in total. The van der Waals surface area contributed by atoms with Crippen molar-refractivity contribution in [2.75, 3.05) is 18.1 Å². The number of carbonyl (C=O) groups is 1. The average Bonchev–Trinajstić information content (AvgIpc) is 2.58. The average molecular weight is 443 g/mol. The number of aryl methyl sites for hydroxylation is 1. The normalized spacial score (nSPS) is 11.9. The molecule has 28 heavy (non-hydrogen) atoms. The van der Waals surface area contributed by atoms with Crippen molar-refractivity contribution in [3.05, 3.63) is 63.1 Å². The second-order valence-electron chi connectivity index (χ2n) is 7.02. The van der Waals surface area contributed by atoms with Crippen LogP contribution >= 0.6 is 23.2 Å². The molecule has 0 aliphatic heterocycles. The van der Waals surface area contributed by atoms with Crippen molar-refractivity contribution in [1.82, 2.24) is 4.31 Å². The molecule has 0 saturated carbocycles. The first kappa shape index (κ1) is 22.7. The van der Waals surface area contributed by atoms with Crippen LogP contribution in [-0.4, -0.2) is 31.4 Å². The first-order valence-corrected chi connectivity index (χ1v) is 11.4. The van der Waals surface area contributed by atoms with Crippen LogP contribution in [0, 0.1) is 6.92 Å². The van der Waals surface area contributed by atoms with Crippen molar-refractivity contribution in [3.63, 3.8) is 0 Å². The van der Waals surface area contributed by atoms with Crippen molar-refractivity contribution in [2.45, 2.75) is 33.2 Å². The Morgan fingerprint density at radius 3 is 2.39 bits per heavy atom. The number of nitrogens with one attached hydrogen (secondary N) is 1. The molecule has 0 aromatic heterocycles. The molecule has 0 saturated heterocycles. The number of carbonyl (C=O) groups excluding carboxylic acids is 1. The molecule has 0 fully saturated rings. The summed E-state index contributed by atoms with van der Waals surface area (Å²) in [5, 5.41) is 3.59. The number of amides is 1. The minimum absolute atomic E-state index is 0.0218. The molecule has 0 atom stereocenters. The molecule has 0 unspecified atom stereocenters. The smallest absolute Gasteiger partial charge is 0.239 e. The van der Waals surface area contributed by atoms with Gasteiger partial charge in [-0.3, -0.25) is 4.79 Å². The quantitative estimate of drug-likeness (QED) is 0.667. The molecule has 0 radical (unpaired) electrons. The summed E-state index contributed by atoms with van der Waals surface area (Å²) < 4.78 is 25.5. The van der Waals surface area contributed by atoms with E-state index in [2.05, 4.69) is 5.32 Å². The molecule has 0 aliphatic carbocycles. The summed E-state index contributed by atoms with van der Waals surface area (Å²) in [6.45, 7) is 5.71. The van der Waals surface area contributed by atoms with Gasteiger partial charge in [-0.2, -0.15) is 4.31 Å². The molecular formula is C20H24Cl2N2O3S. The van der Waals surface area contributed by atoms with E-state index in [1.54, 1.807) is 18.2 Å². The number of para-hydroxylation sites is 1. The SMILES string of the molecule is Cc1cccc(C(C)C)c1NC(=O)CN(Cc1ccc(Cl)c(Cl)c1)S(C)(=O)=O. The zero-order valence-corrected chi connectivity index (χ0v) is 18.6. The van der Waals surface area contributed by atoms with Gasteiger partial charge in [0.25, 0.3) is 0 Å². The topological polar surface area (TPSA) is 66.5 Å². The van der Waals surface area contributed by atoms with Gasteiger partial charge in [0.2, 0.25) is 15.9 Å². The highest BCUT2D eigenvalue weighted by atomic mass is 35.5. The van der Waals surface area contributed by atoms with Crippen LogP contribution in [0.4, 0.5) is 5.69 Å². The van der Waals surface area contributed by atoms with Gasteiger partial charge in [0.15, 0.2) is 0 Å². The maximum atomic E-state index is 12.6. The fourth-order valence-corrected chi connectivity index (χ4v) is 3.87. The van der Waals surface area contributed by atoms with E-state index < -0.39 is 15.9 Å². The maximum absolute atomic E-state index is 12.6. The van der Waals surface area contributed by atoms with Gasteiger partial charge in [0.05, 0.1) is 22.8 Å². The van der Waals surface area contributed by atoms with E-state index in [0.717, 1.165) is 27.4 Å². The summed E-state index contributed by atoms with van der Waals surface area (Å²) in [5.41, 5.74) is 3.30. The third-order valence-corrected chi connectivity index (χ3v) is 6.26. The Bertz CT molecular complexity index is 975. The zero-order chi connectivity index (χ0) is 21.1. The van der Waals surface area contributed by atoms with E-state index in [1.165, 1.54) is 0 Å². The first-order valence-electron chi connectivity index (χ1n) is 8.77. The Hall–Kier alpha value is -1.60. The number of hydrogen-bond donors (Lipinski definition) is 1. The molecular weight excluding hydrogens is 419 g/mol. The molecule has 0 spiro atoms. The third kappa shape index (κ3) is 5.95. The molecule has 1 amide bonds. The van der Waals surface area contributed by atoms with Crippen LogP contribution in [0.2, 0.25) is 10.0 Å². The fourth-order valence-electron chi connectivity index (χ4n) is 2.81. The lowest BCUT2D eigenvalue weighted by Gasteiger charge is -2.21. The minimum Gasteiger partial charge on any atom is -0.324 e. The van der Waals surface area contributed by atoms with Gasteiger partial charge in [-0.05, 0) is 41.7 Å². The second kappa shape index (κ2) is 9.27. The van der Waals surface area contributed by atoms with Crippen LogP contribution < -0.4 is 5.32 Å². The molecule has 8 heteroatoms. The van der Waals surface area contributed by atoms with Crippen LogP contribution in [0.3, 0.4) is 0 Å². The van der Waals surface area contributed by atoms with E-state index in [0.29, 0.717) is 15.6 Å². The second-order valence-corrected chi connectivity index (χ2v) is 9.82. The van der Waals surface area contributed by atoms with Crippen LogP contribution in [0.25, 0.3) is 0 Å². The van der Waals surface area contributed by atoms with Crippen molar-refractivity contribution >= 4 is 44.8 Å². The number of hydrogen-bond acceptors (Lipinski definition) is 3. The fraction of sp³-hybridized carbons (Fsp3) is 0.350. The lowest BCUT2D eigenvalue weighted by atomic mass is 9.98.